The molecule has 1 saturated carbocycles. The zero-order valence-corrected chi connectivity index (χ0v) is 15.7. The van der Waals surface area contributed by atoms with Gasteiger partial charge in [-0.25, -0.2) is 4.39 Å². The Morgan fingerprint density at radius 2 is 1.76 bits per heavy atom. The summed E-state index contributed by atoms with van der Waals surface area (Å²) >= 11 is 3.21. The zero-order chi connectivity index (χ0) is 17.6. The molecule has 25 heavy (non-hydrogen) atoms. The van der Waals surface area contributed by atoms with Crippen LogP contribution in [0.5, 0.6) is 0 Å². The molecule has 2 heterocycles. The van der Waals surface area contributed by atoms with Crippen molar-refractivity contribution in [1.82, 2.24) is 9.80 Å². The number of rotatable bonds is 2. The lowest BCUT2D eigenvalue weighted by atomic mass is 9.90. The highest BCUT2D eigenvalue weighted by atomic mass is 79.9. The number of piperidine rings is 1. The molecule has 6 heteroatoms. The second-order valence-corrected chi connectivity index (χ2v) is 8.48. The number of hydrogen-bond acceptors (Lipinski definition) is 2. The SMILES string of the molecule is O=C(c1ccc(Br)cc1F)N1CCC2(CC1)CC2C(=O)N1CCCC1. The van der Waals surface area contributed by atoms with Crippen molar-refractivity contribution in [3.63, 3.8) is 0 Å². The number of amides is 2. The summed E-state index contributed by atoms with van der Waals surface area (Å²) in [5.74, 6) is -0.278. The van der Waals surface area contributed by atoms with Crippen molar-refractivity contribution in [3.8, 4) is 0 Å². The third-order valence-electron chi connectivity index (χ3n) is 6.11. The number of likely N-dealkylation sites (tertiary alicyclic amines) is 2. The van der Waals surface area contributed by atoms with Gasteiger partial charge in [0, 0.05) is 36.6 Å². The molecule has 1 aromatic carbocycles. The average molecular weight is 409 g/mol. The molecular formula is C19H22BrFN2O2. The number of halogens is 2. The highest BCUT2D eigenvalue weighted by Crippen LogP contribution is 2.60. The van der Waals surface area contributed by atoms with Crippen LogP contribution in [-0.4, -0.2) is 47.8 Å². The van der Waals surface area contributed by atoms with Crippen LogP contribution in [0.25, 0.3) is 0 Å². The Hall–Kier alpha value is -1.43. The highest BCUT2D eigenvalue weighted by Gasteiger charge is 2.59. The lowest BCUT2D eigenvalue weighted by Crippen LogP contribution is -2.41. The molecule has 1 aromatic rings. The van der Waals surface area contributed by atoms with Crippen molar-refractivity contribution in [3.05, 3.63) is 34.1 Å². The van der Waals surface area contributed by atoms with Gasteiger partial charge in [-0.3, -0.25) is 9.59 Å². The van der Waals surface area contributed by atoms with Crippen molar-refractivity contribution in [2.45, 2.75) is 32.1 Å². The fraction of sp³-hybridized carbons (Fsp3) is 0.579. The van der Waals surface area contributed by atoms with Crippen molar-refractivity contribution < 1.29 is 14.0 Å². The summed E-state index contributed by atoms with van der Waals surface area (Å²) in [6.07, 6.45) is 4.89. The smallest absolute Gasteiger partial charge is 0.256 e. The second-order valence-electron chi connectivity index (χ2n) is 7.57. The van der Waals surface area contributed by atoms with Crippen molar-refractivity contribution >= 4 is 27.7 Å². The monoisotopic (exact) mass is 408 g/mol. The Labute approximate surface area is 155 Å². The summed E-state index contributed by atoms with van der Waals surface area (Å²) in [4.78, 5) is 28.9. The molecule has 1 unspecified atom stereocenters. The molecule has 2 aliphatic heterocycles. The normalized spacial score (nSPS) is 24.6. The van der Waals surface area contributed by atoms with Gasteiger partial charge in [-0.15, -0.1) is 0 Å². The predicted molar refractivity (Wildman–Crippen MR) is 95.6 cm³/mol. The second kappa shape index (κ2) is 6.38. The average Bonchev–Trinajstić information content (AvgIpc) is 3.04. The topological polar surface area (TPSA) is 40.6 Å². The van der Waals surface area contributed by atoms with E-state index in [4.69, 9.17) is 0 Å². The third-order valence-corrected chi connectivity index (χ3v) is 6.61. The van der Waals surface area contributed by atoms with E-state index in [1.165, 1.54) is 12.1 Å². The Kier molecular flexibility index (Phi) is 4.34. The highest BCUT2D eigenvalue weighted by molar-refractivity contribution is 9.10. The fourth-order valence-corrected chi connectivity index (χ4v) is 4.73. The molecule has 0 bridgehead atoms. The van der Waals surface area contributed by atoms with E-state index in [0.29, 0.717) is 23.5 Å². The Balaban J connectivity index is 1.37. The molecule has 0 radical (unpaired) electrons. The van der Waals surface area contributed by atoms with Crippen LogP contribution in [0.2, 0.25) is 0 Å². The van der Waals surface area contributed by atoms with Gasteiger partial charge in [0.05, 0.1) is 5.56 Å². The Morgan fingerprint density at radius 3 is 2.40 bits per heavy atom. The summed E-state index contributed by atoms with van der Waals surface area (Å²) in [6.45, 7) is 3.02. The zero-order valence-electron chi connectivity index (χ0n) is 14.1. The first-order chi connectivity index (χ1) is 12.0. The van der Waals surface area contributed by atoms with Crippen LogP contribution in [0.15, 0.2) is 22.7 Å². The first kappa shape index (κ1) is 17.0. The molecule has 1 spiro atoms. The van der Waals surface area contributed by atoms with E-state index in [2.05, 4.69) is 15.9 Å². The Bertz CT molecular complexity index is 709. The van der Waals surface area contributed by atoms with Gasteiger partial charge in [-0.05, 0) is 55.7 Å². The van der Waals surface area contributed by atoms with Gasteiger partial charge in [0.2, 0.25) is 5.91 Å². The van der Waals surface area contributed by atoms with E-state index in [-0.39, 0.29) is 22.8 Å². The quantitative estimate of drug-likeness (QED) is 0.751. The van der Waals surface area contributed by atoms with E-state index in [1.54, 1.807) is 11.0 Å². The molecule has 2 amide bonds. The minimum absolute atomic E-state index is 0.0920. The molecule has 0 aromatic heterocycles. The summed E-state index contributed by atoms with van der Waals surface area (Å²) in [5, 5.41) is 0. The van der Waals surface area contributed by atoms with Crippen molar-refractivity contribution in [1.29, 1.82) is 0 Å². The fourth-order valence-electron chi connectivity index (χ4n) is 4.40. The molecule has 1 aliphatic carbocycles. The van der Waals surface area contributed by atoms with E-state index in [9.17, 15) is 14.0 Å². The van der Waals surface area contributed by atoms with Gasteiger partial charge in [-0.1, -0.05) is 15.9 Å². The Morgan fingerprint density at radius 1 is 1.08 bits per heavy atom. The molecule has 3 fully saturated rings. The molecule has 4 nitrogen and oxygen atoms in total. The van der Waals surface area contributed by atoms with Gasteiger partial charge in [-0.2, -0.15) is 0 Å². The molecular weight excluding hydrogens is 387 g/mol. The van der Waals surface area contributed by atoms with Crippen molar-refractivity contribution in [2.24, 2.45) is 11.3 Å². The van der Waals surface area contributed by atoms with Crippen LogP contribution in [-0.2, 0) is 4.79 Å². The largest absolute Gasteiger partial charge is 0.342 e. The van der Waals surface area contributed by atoms with Crippen LogP contribution >= 0.6 is 15.9 Å². The molecule has 4 rings (SSSR count). The van der Waals surface area contributed by atoms with E-state index in [1.807, 2.05) is 4.90 Å². The minimum Gasteiger partial charge on any atom is -0.342 e. The number of carbonyl (C=O) groups excluding carboxylic acids is 2. The van der Waals surface area contributed by atoms with E-state index < -0.39 is 5.82 Å². The van der Waals surface area contributed by atoms with Crippen molar-refractivity contribution in [2.75, 3.05) is 26.2 Å². The standard InChI is InChI=1S/C19H22BrFN2O2/c20-13-3-4-14(16(21)11-13)17(24)23-9-5-19(6-10-23)12-15(19)18(25)22-7-1-2-8-22/h3-4,11,15H,1-2,5-10,12H2. The van der Waals surface area contributed by atoms with E-state index in [0.717, 1.165) is 45.2 Å². The predicted octanol–water partition coefficient (Wildman–Crippen LogP) is 3.45. The summed E-state index contributed by atoms with van der Waals surface area (Å²) < 4.78 is 14.7. The molecule has 2 saturated heterocycles. The lowest BCUT2D eigenvalue weighted by molar-refractivity contribution is -0.132. The molecule has 0 N–H and O–H groups in total. The third kappa shape index (κ3) is 3.09. The van der Waals surface area contributed by atoms with Gasteiger partial charge < -0.3 is 9.80 Å². The maximum Gasteiger partial charge on any atom is 0.256 e. The summed E-state index contributed by atoms with van der Waals surface area (Å²) in [5.41, 5.74) is 0.217. The number of carbonyl (C=O) groups is 2. The van der Waals surface area contributed by atoms with Crippen LogP contribution in [0.4, 0.5) is 4.39 Å². The summed E-state index contributed by atoms with van der Waals surface area (Å²) in [6, 6.07) is 4.54. The lowest BCUT2D eigenvalue weighted by Gasteiger charge is -2.33. The number of nitrogens with zero attached hydrogens (tertiary/aromatic N) is 2. The van der Waals surface area contributed by atoms with Crippen LogP contribution in [0.1, 0.15) is 42.5 Å². The van der Waals surface area contributed by atoms with Crippen LogP contribution < -0.4 is 0 Å². The maximum absolute atomic E-state index is 14.0. The molecule has 1 atom stereocenters. The minimum atomic E-state index is -0.492. The van der Waals surface area contributed by atoms with E-state index >= 15 is 0 Å². The molecule has 134 valence electrons. The molecule has 3 aliphatic rings. The van der Waals surface area contributed by atoms with Crippen LogP contribution in [0.3, 0.4) is 0 Å². The van der Waals surface area contributed by atoms with Gasteiger partial charge >= 0.3 is 0 Å². The summed E-state index contributed by atoms with van der Waals surface area (Å²) in [7, 11) is 0. The number of benzene rings is 1. The van der Waals surface area contributed by atoms with Gasteiger partial charge in [0.25, 0.3) is 5.91 Å². The number of hydrogen-bond donors (Lipinski definition) is 0. The van der Waals surface area contributed by atoms with Gasteiger partial charge in [0.15, 0.2) is 0 Å². The van der Waals surface area contributed by atoms with Crippen LogP contribution in [0, 0.1) is 17.2 Å². The van der Waals surface area contributed by atoms with Gasteiger partial charge in [0.1, 0.15) is 5.82 Å². The first-order valence-electron chi connectivity index (χ1n) is 9.03. The maximum atomic E-state index is 14.0. The first-order valence-corrected chi connectivity index (χ1v) is 9.83.